The van der Waals surface area contributed by atoms with E-state index in [9.17, 15) is 9.59 Å². The molecule has 2 rings (SSSR count). The fraction of sp³-hybridized carbons (Fsp3) is 0.300. The van der Waals surface area contributed by atoms with Gasteiger partial charge in [0.15, 0.2) is 11.6 Å². The second-order valence-electron chi connectivity index (χ2n) is 5.46. The lowest BCUT2D eigenvalue weighted by Gasteiger charge is -2.02. The summed E-state index contributed by atoms with van der Waals surface area (Å²) >= 11 is 0. The Morgan fingerprint density at radius 3 is 1.75 bits per heavy atom. The second kappa shape index (κ2) is 11.3. The van der Waals surface area contributed by atoms with Gasteiger partial charge in [-0.15, -0.1) is 0 Å². The minimum absolute atomic E-state index is 0.00870. The third-order valence-electron chi connectivity index (χ3n) is 3.23. The van der Waals surface area contributed by atoms with Crippen molar-refractivity contribution in [2.24, 2.45) is 0 Å². The Morgan fingerprint density at radius 1 is 0.875 bits per heavy atom. The molecule has 1 atom stereocenters. The van der Waals surface area contributed by atoms with Crippen LogP contribution in [0.2, 0.25) is 0 Å². The van der Waals surface area contributed by atoms with Gasteiger partial charge in [0.25, 0.3) is 0 Å². The molecule has 0 amide bonds. The van der Waals surface area contributed by atoms with E-state index in [1.165, 1.54) is 0 Å². The van der Waals surface area contributed by atoms with E-state index in [0.717, 1.165) is 5.56 Å². The van der Waals surface area contributed by atoms with Crippen LogP contribution in [0.4, 0.5) is 0 Å². The van der Waals surface area contributed by atoms with E-state index in [4.69, 9.17) is 10.2 Å². The van der Waals surface area contributed by atoms with Crippen LogP contribution < -0.4 is 0 Å². The summed E-state index contributed by atoms with van der Waals surface area (Å²) in [5, 5.41) is 17.5. The lowest BCUT2D eigenvalue weighted by atomic mass is 10.1. The van der Waals surface area contributed by atoms with E-state index in [1.54, 1.807) is 31.2 Å². The molecule has 1 unspecified atom stereocenters. The van der Waals surface area contributed by atoms with E-state index in [2.05, 4.69) is 0 Å². The van der Waals surface area contributed by atoms with Crippen molar-refractivity contribution in [1.82, 2.24) is 0 Å². The van der Waals surface area contributed by atoms with Gasteiger partial charge < -0.3 is 10.2 Å². The number of carbonyl (C=O) groups excluding carboxylic acids is 2. The number of hydrogen-bond acceptors (Lipinski definition) is 4. The predicted molar refractivity (Wildman–Crippen MR) is 94.2 cm³/mol. The molecule has 24 heavy (non-hydrogen) atoms. The Bertz CT molecular complexity index is 606. The van der Waals surface area contributed by atoms with Crippen molar-refractivity contribution in [3.05, 3.63) is 71.8 Å². The maximum Gasteiger partial charge on any atom is 0.165 e. The van der Waals surface area contributed by atoms with Crippen molar-refractivity contribution in [3.63, 3.8) is 0 Å². The molecule has 0 spiro atoms. The first kappa shape index (κ1) is 19.7. The first-order chi connectivity index (χ1) is 11.5. The standard InChI is InChI=1S/2C10H12O2/c1-8(11)7-10(12)9-5-3-2-4-6-9;11-8-4-7-10(12)9-5-2-1-3-6-9/h2-6,8,11H,7H2,1H3;1-3,5-6,11H,4,7-8H2. The van der Waals surface area contributed by atoms with Crippen LogP contribution in [-0.2, 0) is 0 Å². The normalized spacial score (nSPS) is 11.1. The third-order valence-corrected chi connectivity index (χ3v) is 3.23. The molecule has 4 nitrogen and oxygen atoms in total. The predicted octanol–water partition coefficient (Wildman–Crippen LogP) is 3.28. The molecule has 2 N–H and O–H groups in total. The maximum atomic E-state index is 11.3. The zero-order chi connectivity index (χ0) is 17.8. The molecule has 0 aromatic heterocycles. The Kier molecular flexibility index (Phi) is 9.27. The number of carbonyl (C=O) groups is 2. The third kappa shape index (κ3) is 7.81. The summed E-state index contributed by atoms with van der Waals surface area (Å²) in [5.74, 6) is 0.0928. The summed E-state index contributed by atoms with van der Waals surface area (Å²) in [6, 6.07) is 18.1. The first-order valence-electron chi connectivity index (χ1n) is 8.00. The molecule has 2 aromatic carbocycles. The van der Waals surface area contributed by atoms with Crippen molar-refractivity contribution in [2.45, 2.75) is 32.3 Å². The van der Waals surface area contributed by atoms with Gasteiger partial charge in [-0.3, -0.25) is 9.59 Å². The lowest BCUT2D eigenvalue weighted by molar-refractivity contribution is 0.0900. The van der Waals surface area contributed by atoms with Gasteiger partial charge in [0, 0.05) is 30.6 Å². The Labute approximate surface area is 142 Å². The summed E-state index contributed by atoms with van der Waals surface area (Å²) in [6.07, 6.45) is 0.621. The average Bonchev–Trinajstić information content (AvgIpc) is 2.61. The number of aliphatic hydroxyl groups is 2. The highest BCUT2D eigenvalue weighted by Gasteiger charge is 2.07. The number of aliphatic hydroxyl groups excluding tert-OH is 2. The van der Waals surface area contributed by atoms with E-state index >= 15 is 0 Å². The van der Waals surface area contributed by atoms with Crippen LogP contribution in [0.5, 0.6) is 0 Å². The van der Waals surface area contributed by atoms with Crippen molar-refractivity contribution >= 4 is 11.6 Å². The van der Waals surface area contributed by atoms with E-state index in [0.29, 0.717) is 18.4 Å². The first-order valence-corrected chi connectivity index (χ1v) is 8.00. The van der Waals surface area contributed by atoms with Gasteiger partial charge in [-0.1, -0.05) is 60.7 Å². The molecule has 0 radical (unpaired) electrons. The molecule has 0 aliphatic rings. The zero-order valence-corrected chi connectivity index (χ0v) is 13.9. The molecule has 128 valence electrons. The average molecular weight is 328 g/mol. The summed E-state index contributed by atoms with van der Waals surface area (Å²) in [7, 11) is 0. The highest BCUT2D eigenvalue weighted by molar-refractivity contribution is 5.96. The van der Waals surface area contributed by atoms with Crippen LogP contribution in [0.25, 0.3) is 0 Å². The number of Topliss-reactive ketones (excluding diaryl/α,β-unsaturated/α-hetero) is 2. The Balaban J connectivity index is 0.000000240. The van der Waals surface area contributed by atoms with Gasteiger partial charge in [0.1, 0.15) is 0 Å². The number of hydrogen-bond donors (Lipinski definition) is 2. The minimum atomic E-state index is -0.558. The Hall–Kier alpha value is -2.30. The molecule has 0 aliphatic carbocycles. The molecule has 0 aliphatic heterocycles. The molecule has 0 saturated heterocycles. The van der Waals surface area contributed by atoms with Crippen molar-refractivity contribution < 1.29 is 19.8 Å². The SMILES string of the molecule is CC(O)CC(=O)c1ccccc1.O=C(CCCO)c1ccccc1. The van der Waals surface area contributed by atoms with Gasteiger partial charge in [-0.2, -0.15) is 0 Å². The van der Waals surface area contributed by atoms with Crippen molar-refractivity contribution in [2.75, 3.05) is 6.61 Å². The van der Waals surface area contributed by atoms with Gasteiger partial charge in [0.2, 0.25) is 0 Å². The topological polar surface area (TPSA) is 74.6 Å². The molecule has 0 saturated carbocycles. The van der Waals surface area contributed by atoms with Crippen LogP contribution in [0.3, 0.4) is 0 Å². The van der Waals surface area contributed by atoms with E-state index < -0.39 is 6.10 Å². The van der Waals surface area contributed by atoms with Crippen molar-refractivity contribution in [3.8, 4) is 0 Å². The highest BCUT2D eigenvalue weighted by atomic mass is 16.3. The molecule has 2 aromatic rings. The maximum absolute atomic E-state index is 11.3. The van der Waals surface area contributed by atoms with E-state index in [-0.39, 0.29) is 24.6 Å². The molecule has 0 fully saturated rings. The molecular weight excluding hydrogens is 304 g/mol. The van der Waals surface area contributed by atoms with Crippen LogP contribution in [0, 0.1) is 0 Å². The number of ketones is 2. The number of benzene rings is 2. The summed E-state index contributed by atoms with van der Waals surface area (Å²) in [6.45, 7) is 1.69. The van der Waals surface area contributed by atoms with Gasteiger partial charge in [-0.25, -0.2) is 0 Å². The van der Waals surface area contributed by atoms with E-state index in [1.807, 2.05) is 36.4 Å². The molecule has 0 bridgehead atoms. The van der Waals surface area contributed by atoms with Crippen LogP contribution in [-0.4, -0.2) is 34.5 Å². The highest BCUT2D eigenvalue weighted by Crippen LogP contribution is 2.05. The molecular formula is C20H24O4. The lowest BCUT2D eigenvalue weighted by Crippen LogP contribution is -2.09. The zero-order valence-electron chi connectivity index (χ0n) is 13.9. The fourth-order valence-electron chi connectivity index (χ4n) is 2.02. The van der Waals surface area contributed by atoms with Gasteiger partial charge in [0.05, 0.1) is 6.10 Å². The monoisotopic (exact) mass is 328 g/mol. The van der Waals surface area contributed by atoms with Gasteiger partial charge in [-0.05, 0) is 13.3 Å². The quantitative estimate of drug-likeness (QED) is 0.765. The summed E-state index contributed by atoms with van der Waals surface area (Å²) < 4.78 is 0. The smallest absolute Gasteiger partial charge is 0.165 e. The summed E-state index contributed by atoms with van der Waals surface area (Å²) in [4.78, 5) is 22.6. The van der Waals surface area contributed by atoms with Crippen LogP contribution >= 0.6 is 0 Å². The molecule has 4 heteroatoms. The number of rotatable bonds is 7. The fourth-order valence-corrected chi connectivity index (χ4v) is 2.02. The summed E-state index contributed by atoms with van der Waals surface area (Å²) in [5.41, 5.74) is 1.39. The van der Waals surface area contributed by atoms with Gasteiger partial charge >= 0.3 is 0 Å². The Morgan fingerprint density at radius 2 is 1.33 bits per heavy atom. The molecule has 0 heterocycles. The second-order valence-corrected chi connectivity index (χ2v) is 5.46. The minimum Gasteiger partial charge on any atom is -0.396 e. The van der Waals surface area contributed by atoms with Crippen LogP contribution in [0.15, 0.2) is 60.7 Å². The largest absolute Gasteiger partial charge is 0.396 e. The van der Waals surface area contributed by atoms with Crippen LogP contribution in [0.1, 0.15) is 46.9 Å². The van der Waals surface area contributed by atoms with Crippen molar-refractivity contribution in [1.29, 1.82) is 0 Å².